The molecule has 0 atom stereocenters. The van der Waals surface area contributed by atoms with Gasteiger partial charge in [0, 0.05) is 17.1 Å². The molecule has 0 aliphatic rings. The Hall–Kier alpha value is -1.33. The second-order valence-electron chi connectivity index (χ2n) is 4.30. The fraction of sp³-hybridized carbons (Fsp3) is 0.364. The summed E-state index contributed by atoms with van der Waals surface area (Å²) in [6.45, 7) is 4.23. The van der Waals surface area contributed by atoms with Gasteiger partial charge in [-0.15, -0.1) is 0 Å². The van der Waals surface area contributed by atoms with E-state index < -0.39 is 7.12 Å². The van der Waals surface area contributed by atoms with Crippen molar-refractivity contribution in [2.24, 2.45) is 5.92 Å². The van der Waals surface area contributed by atoms with Crippen LogP contribution in [0.1, 0.15) is 19.4 Å². The number of nitrogens with zero attached hydrogens (tertiary/aromatic N) is 1. The second-order valence-corrected chi connectivity index (χ2v) is 4.30. The van der Waals surface area contributed by atoms with E-state index in [0.717, 1.165) is 12.0 Å². The highest BCUT2D eigenvalue weighted by atomic mass is 16.4. The Morgan fingerprint density at radius 3 is 2.81 bits per heavy atom. The Morgan fingerprint density at radius 1 is 1.44 bits per heavy atom. The first-order valence-corrected chi connectivity index (χ1v) is 5.30. The first kappa shape index (κ1) is 11.2. The van der Waals surface area contributed by atoms with Crippen molar-refractivity contribution in [3.8, 4) is 0 Å². The number of hydrogen-bond donors (Lipinski definition) is 2. The summed E-state index contributed by atoms with van der Waals surface area (Å²) in [7, 11) is -1.56. The lowest BCUT2D eigenvalue weighted by atomic mass is 9.82. The summed E-state index contributed by atoms with van der Waals surface area (Å²) in [6.07, 6.45) is 4.06. The van der Waals surface area contributed by atoms with Crippen molar-refractivity contribution in [2.45, 2.75) is 20.3 Å². The number of pyridine rings is 1. The van der Waals surface area contributed by atoms with E-state index in [1.165, 1.54) is 0 Å². The molecule has 0 saturated heterocycles. The quantitative estimate of drug-likeness (QED) is 0.746. The van der Waals surface area contributed by atoms with E-state index in [2.05, 4.69) is 18.8 Å². The van der Waals surface area contributed by atoms with Gasteiger partial charge >= 0.3 is 7.12 Å². The molecule has 0 amide bonds. The van der Waals surface area contributed by atoms with Crippen LogP contribution in [-0.2, 0) is 6.42 Å². The third-order valence-corrected chi connectivity index (χ3v) is 2.47. The first-order valence-electron chi connectivity index (χ1n) is 5.30. The van der Waals surface area contributed by atoms with Gasteiger partial charge in [0.05, 0.1) is 11.9 Å². The van der Waals surface area contributed by atoms with Crippen LogP contribution in [0, 0.1) is 5.92 Å². The minimum absolute atomic E-state index is 0.247. The molecule has 84 valence electrons. The van der Waals surface area contributed by atoms with Crippen LogP contribution >= 0.6 is 0 Å². The normalized spacial score (nSPS) is 11.3. The summed E-state index contributed by atoms with van der Waals surface area (Å²) in [4.78, 5) is 4.07. The topological polar surface area (TPSA) is 66.5 Å². The van der Waals surface area contributed by atoms with E-state index in [9.17, 15) is 0 Å². The number of furan rings is 1. The van der Waals surface area contributed by atoms with Crippen LogP contribution in [0.5, 0.6) is 0 Å². The van der Waals surface area contributed by atoms with Crippen LogP contribution < -0.4 is 5.59 Å². The highest BCUT2D eigenvalue weighted by Gasteiger charge is 2.20. The van der Waals surface area contributed by atoms with Crippen molar-refractivity contribution >= 4 is 23.7 Å². The fourth-order valence-electron chi connectivity index (χ4n) is 1.83. The van der Waals surface area contributed by atoms with Gasteiger partial charge in [-0.25, -0.2) is 0 Å². The molecule has 0 unspecified atom stereocenters. The molecule has 0 bridgehead atoms. The maximum Gasteiger partial charge on any atom is 0.508 e. The Kier molecular flexibility index (Phi) is 2.98. The van der Waals surface area contributed by atoms with Crippen molar-refractivity contribution in [1.29, 1.82) is 0 Å². The lowest BCUT2D eigenvalue weighted by Crippen LogP contribution is -2.33. The van der Waals surface area contributed by atoms with Crippen molar-refractivity contribution in [3.05, 3.63) is 24.1 Å². The molecule has 4 nitrogen and oxygen atoms in total. The zero-order valence-corrected chi connectivity index (χ0v) is 9.34. The van der Waals surface area contributed by atoms with Crippen LogP contribution in [0.25, 0.3) is 11.0 Å². The average Bonchev–Trinajstić information content (AvgIpc) is 2.65. The Labute approximate surface area is 94.1 Å². The van der Waals surface area contributed by atoms with E-state index in [0.29, 0.717) is 16.9 Å². The molecule has 2 aromatic rings. The van der Waals surface area contributed by atoms with Crippen LogP contribution in [0.3, 0.4) is 0 Å². The van der Waals surface area contributed by atoms with Crippen LogP contribution in [0.4, 0.5) is 0 Å². The van der Waals surface area contributed by atoms with Gasteiger partial charge in [0.1, 0.15) is 5.58 Å². The van der Waals surface area contributed by atoms with Crippen molar-refractivity contribution in [3.63, 3.8) is 0 Å². The summed E-state index contributed by atoms with van der Waals surface area (Å²) in [5, 5.41) is 19.0. The summed E-state index contributed by atoms with van der Waals surface area (Å²) in [5.74, 6) is 0.500. The van der Waals surface area contributed by atoms with E-state index in [1.807, 2.05) is 0 Å². The SMILES string of the molecule is CC(C)Cc1cnc(B(O)O)c2ccoc12. The largest absolute Gasteiger partial charge is 0.508 e. The fourth-order valence-corrected chi connectivity index (χ4v) is 1.83. The predicted octanol–water partition coefficient (Wildman–Crippen LogP) is 0.706. The monoisotopic (exact) mass is 219 g/mol. The number of hydrogen-bond acceptors (Lipinski definition) is 4. The molecule has 16 heavy (non-hydrogen) atoms. The van der Waals surface area contributed by atoms with Crippen molar-refractivity contribution in [2.75, 3.05) is 0 Å². The zero-order chi connectivity index (χ0) is 11.7. The summed E-state index contributed by atoms with van der Waals surface area (Å²) in [6, 6.07) is 1.71. The molecule has 0 aromatic carbocycles. The highest BCUT2D eigenvalue weighted by Crippen LogP contribution is 2.20. The van der Waals surface area contributed by atoms with Gasteiger partial charge in [-0.1, -0.05) is 13.8 Å². The van der Waals surface area contributed by atoms with E-state index in [-0.39, 0.29) is 5.59 Å². The third-order valence-electron chi connectivity index (χ3n) is 2.47. The van der Waals surface area contributed by atoms with Gasteiger partial charge in [0.15, 0.2) is 0 Å². The molecule has 2 N–H and O–H groups in total. The molecule has 2 aromatic heterocycles. The molecule has 0 aliphatic carbocycles. The van der Waals surface area contributed by atoms with Gasteiger partial charge in [-0.3, -0.25) is 4.98 Å². The molecular formula is C11H14BNO3. The average molecular weight is 219 g/mol. The number of rotatable bonds is 3. The smallest absolute Gasteiger partial charge is 0.464 e. The minimum atomic E-state index is -1.56. The Balaban J connectivity index is 2.55. The maximum absolute atomic E-state index is 9.16. The van der Waals surface area contributed by atoms with Crippen LogP contribution in [0.15, 0.2) is 22.9 Å². The second kappa shape index (κ2) is 4.27. The maximum atomic E-state index is 9.16. The summed E-state index contributed by atoms with van der Waals surface area (Å²) < 4.78 is 5.38. The molecule has 0 spiro atoms. The van der Waals surface area contributed by atoms with Gasteiger partial charge in [-0.05, 0) is 18.4 Å². The predicted molar refractivity (Wildman–Crippen MR) is 62.4 cm³/mol. The van der Waals surface area contributed by atoms with E-state index >= 15 is 0 Å². The van der Waals surface area contributed by atoms with Crippen molar-refractivity contribution < 1.29 is 14.5 Å². The molecule has 0 aliphatic heterocycles. The Morgan fingerprint density at radius 2 is 2.19 bits per heavy atom. The number of aromatic nitrogens is 1. The zero-order valence-electron chi connectivity index (χ0n) is 9.34. The van der Waals surface area contributed by atoms with Crippen LogP contribution in [0.2, 0.25) is 0 Å². The number of fused-ring (bicyclic) bond motifs is 1. The van der Waals surface area contributed by atoms with Gasteiger partial charge in [0.25, 0.3) is 0 Å². The highest BCUT2D eigenvalue weighted by molar-refractivity contribution is 6.60. The molecule has 2 heterocycles. The lowest BCUT2D eigenvalue weighted by Gasteiger charge is -2.07. The summed E-state index contributed by atoms with van der Waals surface area (Å²) in [5.41, 5.74) is 1.95. The molecular weight excluding hydrogens is 205 g/mol. The van der Waals surface area contributed by atoms with E-state index in [4.69, 9.17) is 14.5 Å². The van der Waals surface area contributed by atoms with Gasteiger partial charge in [0.2, 0.25) is 0 Å². The molecule has 2 rings (SSSR count). The van der Waals surface area contributed by atoms with Gasteiger partial charge in [-0.2, -0.15) is 0 Å². The standard InChI is InChI=1S/C11H14BNO3/c1-7(2)5-8-6-13-11(12(14)15)9-3-4-16-10(8)9/h3-4,6-7,14-15H,5H2,1-2H3. The minimum Gasteiger partial charge on any atom is -0.464 e. The molecule has 0 radical (unpaired) electrons. The third kappa shape index (κ3) is 1.96. The Bertz CT molecular complexity index is 493. The molecule has 0 fully saturated rings. The molecule has 5 heteroatoms. The summed E-state index contributed by atoms with van der Waals surface area (Å²) >= 11 is 0. The first-order chi connectivity index (χ1) is 7.59. The van der Waals surface area contributed by atoms with Crippen molar-refractivity contribution in [1.82, 2.24) is 4.98 Å². The lowest BCUT2D eigenvalue weighted by molar-refractivity contribution is 0.424. The van der Waals surface area contributed by atoms with Gasteiger partial charge < -0.3 is 14.5 Å². The van der Waals surface area contributed by atoms with Crippen LogP contribution in [-0.4, -0.2) is 22.2 Å². The molecule has 0 saturated carbocycles. The van der Waals surface area contributed by atoms with E-state index in [1.54, 1.807) is 18.5 Å².